The first-order valence-electron chi connectivity index (χ1n) is 8.15. The van der Waals surface area contributed by atoms with E-state index >= 15 is 0 Å². The number of rotatable bonds is 8. The summed E-state index contributed by atoms with van der Waals surface area (Å²) < 4.78 is 4.91. The third kappa shape index (κ3) is 5.83. The Morgan fingerprint density at radius 1 is 1.31 bits per heavy atom. The van der Waals surface area contributed by atoms with Crippen molar-refractivity contribution in [1.29, 1.82) is 0 Å². The zero-order valence-corrected chi connectivity index (χ0v) is 15.3. The minimum atomic E-state index is -0.962. The van der Waals surface area contributed by atoms with Crippen LogP contribution in [0, 0.1) is 17.0 Å². The number of nitro groups is 1. The number of para-hydroxylation sites is 1. The Morgan fingerprint density at radius 3 is 2.50 bits per heavy atom. The van der Waals surface area contributed by atoms with Gasteiger partial charge in [-0.3, -0.25) is 19.7 Å². The minimum absolute atomic E-state index is 0.0593. The Balaban J connectivity index is 2.74. The average Bonchev–Trinajstić information content (AvgIpc) is 2.55. The van der Waals surface area contributed by atoms with Crippen molar-refractivity contribution in [2.45, 2.75) is 33.7 Å². The third-order valence-corrected chi connectivity index (χ3v) is 3.49. The molecule has 1 rings (SSSR count). The van der Waals surface area contributed by atoms with Crippen LogP contribution in [0.3, 0.4) is 0 Å². The van der Waals surface area contributed by atoms with Crippen LogP contribution in [0.15, 0.2) is 18.2 Å². The molecule has 26 heavy (non-hydrogen) atoms. The molecule has 0 aliphatic carbocycles. The van der Waals surface area contributed by atoms with Gasteiger partial charge in [0.15, 0.2) is 6.61 Å². The molecule has 0 radical (unpaired) electrons. The normalized spacial score (nSPS) is 10.3. The third-order valence-electron chi connectivity index (χ3n) is 3.49. The fourth-order valence-electron chi connectivity index (χ4n) is 2.28. The number of amides is 2. The van der Waals surface area contributed by atoms with E-state index in [0.29, 0.717) is 5.56 Å². The molecule has 1 aromatic carbocycles. The van der Waals surface area contributed by atoms with Crippen LogP contribution in [0.5, 0.6) is 0 Å². The first-order chi connectivity index (χ1) is 12.2. The number of ether oxygens (including phenoxy) is 1. The maximum absolute atomic E-state index is 12.2. The van der Waals surface area contributed by atoms with Crippen molar-refractivity contribution in [3.63, 3.8) is 0 Å². The number of hydrogen-bond acceptors (Lipinski definition) is 6. The summed E-state index contributed by atoms with van der Waals surface area (Å²) in [6.07, 6.45) is 0. The van der Waals surface area contributed by atoms with E-state index in [1.807, 2.05) is 0 Å². The largest absolute Gasteiger partial charge is 0.452 e. The van der Waals surface area contributed by atoms with Crippen LogP contribution in [0.1, 0.15) is 36.7 Å². The molecule has 0 aliphatic heterocycles. The lowest BCUT2D eigenvalue weighted by atomic mass is 10.1. The molecule has 0 spiro atoms. The molecule has 0 bridgehead atoms. The molecule has 0 unspecified atom stereocenters. The predicted octanol–water partition coefficient (Wildman–Crippen LogP) is 1.43. The van der Waals surface area contributed by atoms with Crippen molar-refractivity contribution in [2.75, 3.05) is 19.7 Å². The van der Waals surface area contributed by atoms with E-state index < -0.39 is 23.4 Å². The number of aryl methyl sites for hydroxylation is 1. The number of carbonyl (C=O) groups is 3. The van der Waals surface area contributed by atoms with Crippen LogP contribution in [-0.4, -0.2) is 53.3 Å². The van der Waals surface area contributed by atoms with E-state index in [4.69, 9.17) is 4.74 Å². The van der Waals surface area contributed by atoms with Crippen molar-refractivity contribution in [2.24, 2.45) is 0 Å². The lowest BCUT2D eigenvalue weighted by molar-refractivity contribution is -0.385. The Hall–Kier alpha value is -2.97. The van der Waals surface area contributed by atoms with Gasteiger partial charge in [-0.05, 0) is 33.8 Å². The molecule has 9 nitrogen and oxygen atoms in total. The molecule has 1 aromatic rings. The smallest absolute Gasteiger partial charge is 0.345 e. The highest BCUT2D eigenvalue weighted by molar-refractivity contribution is 5.96. The first kappa shape index (κ1) is 21.1. The van der Waals surface area contributed by atoms with E-state index in [1.54, 1.807) is 20.8 Å². The Bertz CT molecular complexity index is 702. The quantitative estimate of drug-likeness (QED) is 0.423. The highest BCUT2D eigenvalue weighted by Gasteiger charge is 2.25. The summed E-state index contributed by atoms with van der Waals surface area (Å²) in [7, 11) is 0. The first-order valence-corrected chi connectivity index (χ1v) is 8.15. The number of hydrogen-bond donors (Lipinski definition) is 1. The molecule has 0 saturated heterocycles. The van der Waals surface area contributed by atoms with Gasteiger partial charge in [-0.2, -0.15) is 0 Å². The number of esters is 1. The van der Waals surface area contributed by atoms with Gasteiger partial charge in [-0.15, -0.1) is 0 Å². The predicted molar refractivity (Wildman–Crippen MR) is 93.6 cm³/mol. The van der Waals surface area contributed by atoms with E-state index in [-0.39, 0.29) is 36.3 Å². The lowest BCUT2D eigenvalue weighted by Gasteiger charge is -2.21. The topological polar surface area (TPSA) is 119 Å². The summed E-state index contributed by atoms with van der Waals surface area (Å²) in [4.78, 5) is 47.7. The van der Waals surface area contributed by atoms with Crippen molar-refractivity contribution in [3.8, 4) is 0 Å². The summed E-state index contributed by atoms with van der Waals surface area (Å²) >= 11 is 0. The van der Waals surface area contributed by atoms with E-state index in [1.165, 1.54) is 30.0 Å². The fourth-order valence-corrected chi connectivity index (χ4v) is 2.28. The molecule has 0 saturated carbocycles. The monoisotopic (exact) mass is 365 g/mol. The van der Waals surface area contributed by atoms with Gasteiger partial charge in [0.1, 0.15) is 5.56 Å². The molecular weight excluding hydrogens is 342 g/mol. The van der Waals surface area contributed by atoms with Crippen LogP contribution in [-0.2, 0) is 14.3 Å². The van der Waals surface area contributed by atoms with E-state index in [2.05, 4.69) is 5.32 Å². The molecule has 2 amide bonds. The average molecular weight is 365 g/mol. The zero-order chi connectivity index (χ0) is 19.9. The second-order valence-corrected chi connectivity index (χ2v) is 5.93. The number of benzene rings is 1. The molecule has 0 aliphatic rings. The maximum Gasteiger partial charge on any atom is 0.345 e. The van der Waals surface area contributed by atoms with Crippen molar-refractivity contribution in [1.82, 2.24) is 10.2 Å². The highest BCUT2D eigenvalue weighted by atomic mass is 16.6. The number of nitrogens with one attached hydrogen (secondary N) is 1. The van der Waals surface area contributed by atoms with Crippen LogP contribution in [0.4, 0.5) is 5.69 Å². The van der Waals surface area contributed by atoms with Crippen molar-refractivity contribution in [3.05, 3.63) is 39.4 Å². The SMILES string of the molecule is CCN(CC(=O)NC(C)C)C(=O)COC(=O)c1cccc(C)c1[N+](=O)[O-]. The Morgan fingerprint density at radius 2 is 1.96 bits per heavy atom. The second-order valence-electron chi connectivity index (χ2n) is 5.93. The van der Waals surface area contributed by atoms with Crippen LogP contribution in [0.25, 0.3) is 0 Å². The molecule has 1 N–H and O–H groups in total. The summed E-state index contributed by atoms with van der Waals surface area (Å²) in [5, 5.41) is 13.8. The summed E-state index contributed by atoms with van der Waals surface area (Å²) in [5.41, 5.74) is -0.256. The van der Waals surface area contributed by atoms with Crippen molar-refractivity contribution >= 4 is 23.5 Å². The lowest BCUT2D eigenvalue weighted by Crippen LogP contribution is -2.44. The van der Waals surface area contributed by atoms with Crippen LogP contribution < -0.4 is 5.32 Å². The minimum Gasteiger partial charge on any atom is -0.452 e. The Kier molecular flexibility index (Phi) is 7.70. The highest BCUT2D eigenvalue weighted by Crippen LogP contribution is 2.23. The molecule has 142 valence electrons. The summed E-state index contributed by atoms with van der Waals surface area (Å²) in [6.45, 7) is 6.29. The van der Waals surface area contributed by atoms with Gasteiger partial charge >= 0.3 is 5.97 Å². The van der Waals surface area contributed by atoms with Crippen LogP contribution in [0.2, 0.25) is 0 Å². The molecule has 0 heterocycles. The number of nitro benzene ring substituents is 1. The number of likely N-dealkylation sites (N-methyl/N-ethyl adjacent to an activating group) is 1. The molecular formula is C17H23N3O6. The van der Waals surface area contributed by atoms with Gasteiger partial charge in [0.25, 0.3) is 11.6 Å². The van der Waals surface area contributed by atoms with E-state index in [0.717, 1.165) is 0 Å². The van der Waals surface area contributed by atoms with Crippen LogP contribution >= 0.6 is 0 Å². The van der Waals surface area contributed by atoms with Gasteiger partial charge in [-0.25, -0.2) is 4.79 Å². The van der Waals surface area contributed by atoms with Gasteiger partial charge in [0.2, 0.25) is 5.91 Å². The standard InChI is InChI=1S/C17H23N3O6/c1-5-19(9-14(21)18-11(2)3)15(22)10-26-17(23)13-8-6-7-12(4)16(13)20(24)25/h6-8,11H,5,9-10H2,1-4H3,(H,18,21). The molecule has 0 aromatic heterocycles. The number of nitrogens with zero attached hydrogens (tertiary/aromatic N) is 2. The molecule has 9 heteroatoms. The fraction of sp³-hybridized carbons (Fsp3) is 0.471. The molecule has 0 fully saturated rings. The summed E-state index contributed by atoms with van der Waals surface area (Å²) in [6, 6.07) is 4.21. The number of carbonyl (C=O) groups excluding carboxylic acids is 3. The maximum atomic E-state index is 12.2. The summed E-state index contributed by atoms with van der Waals surface area (Å²) in [5.74, 6) is -1.85. The van der Waals surface area contributed by atoms with Gasteiger partial charge in [0.05, 0.1) is 11.5 Å². The Labute approximate surface area is 151 Å². The van der Waals surface area contributed by atoms with Gasteiger partial charge in [-0.1, -0.05) is 12.1 Å². The van der Waals surface area contributed by atoms with Gasteiger partial charge < -0.3 is 15.0 Å². The second kappa shape index (κ2) is 9.50. The molecule has 0 atom stereocenters. The van der Waals surface area contributed by atoms with Gasteiger partial charge in [0, 0.05) is 18.2 Å². The zero-order valence-electron chi connectivity index (χ0n) is 15.3. The van der Waals surface area contributed by atoms with E-state index in [9.17, 15) is 24.5 Å². The van der Waals surface area contributed by atoms with Crippen molar-refractivity contribution < 1.29 is 24.0 Å².